The summed E-state index contributed by atoms with van der Waals surface area (Å²) in [6.45, 7) is 6.69. The largest absolute Gasteiger partial charge is 0.467 e. The van der Waals surface area contributed by atoms with Gasteiger partial charge in [0.2, 0.25) is 5.91 Å². The van der Waals surface area contributed by atoms with Crippen LogP contribution in [0.5, 0.6) is 0 Å². The van der Waals surface area contributed by atoms with E-state index in [1.165, 1.54) is 31.4 Å². The fraction of sp³-hybridized carbons (Fsp3) is 0.353. The Morgan fingerprint density at radius 3 is 2.64 bits per heavy atom. The van der Waals surface area contributed by atoms with Gasteiger partial charge in [-0.15, -0.1) is 11.3 Å². The predicted molar refractivity (Wildman–Crippen MR) is 93.5 cm³/mol. The van der Waals surface area contributed by atoms with E-state index in [2.05, 4.69) is 10.6 Å². The Morgan fingerprint density at radius 1 is 1.32 bits per heavy atom. The van der Waals surface area contributed by atoms with Crippen LogP contribution in [-0.2, 0) is 20.9 Å². The number of nitrogens with one attached hydrogen (secondary N) is 2. The summed E-state index contributed by atoms with van der Waals surface area (Å²) in [5.74, 6) is -0.759. The highest BCUT2D eigenvalue weighted by atomic mass is 32.1. The van der Waals surface area contributed by atoms with E-state index >= 15 is 0 Å². The molecule has 0 unspecified atom stereocenters. The topological polar surface area (TPSA) is 97.6 Å². The number of ether oxygens (including phenoxy) is 1. The van der Waals surface area contributed by atoms with Gasteiger partial charge in [0, 0.05) is 11.8 Å². The van der Waals surface area contributed by atoms with Crippen LogP contribution in [0.25, 0.3) is 0 Å². The molecule has 0 spiro atoms. The van der Waals surface area contributed by atoms with Gasteiger partial charge in [-0.05, 0) is 38.5 Å². The molecule has 1 atom stereocenters. The normalized spacial score (nSPS) is 11.7. The molecule has 7 nitrogen and oxygen atoms in total. The van der Waals surface area contributed by atoms with Crippen molar-refractivity contribution in [2.75, 3.05) is 5.32 Å². The van der Waals surface area contributed by atoms with Crippen LogP contribution >= 0.6 is 11.3 Å². The SMILES string of the molecule is CC(=O)Nc1sc(C)c(C)c1C(=O)O[C@H](C)C(=O)NCc1ccco1. The van der Waals surface area contributed by atoms with Crippen LogP contribution < -0.4 is 10.6 Å². The molecule has 0 aliphatic heterocycles. The van der Waals surface area contributed by atoms with Crippen LogP contribution in [0, 0.1) is 13.8 Å². The summed E-state index contributed by atoms with van der Waals surface area (Å²) in [4.78, 5) is 36.7. The van der Waals surface area contributed by atoms with Crippen molar-refractivity contribution in [3.05, 3.63) is 40.2 Å². The lowest BCUT2D eigenvalue weighted by atomic mass is 10.1. The van der Waals surface area contributed by atoms with E-state index < -0.39 is 18.0 Å². The number of carbonyl (C=O) groups excluding carboxylic acids is 3. The van der Waals surface area contributed by atoms with E-state index in [1.807, 2.05) is 6.92 Å². The summed E-state index contributed by atoms with van der Waals surface area (Å²) in [7, 11) is 0. The van der Waals surface area contributed by atoms with Crippen LogP contribution in [0.4, 0.5) is 5.00 Å². The van der Waals surface area contributed by atoms with Gasteiger partial charge in [0.1, 0.15) is 10.8 Å². The van der Waals surface area contributed by atoms with Crippen molar-refractivity contribution in [1.82, 2.24) is 5.32 Å². The van der Waals surface area contributed by atoms with Gasteiger partial charge in [-0.3, -0.25) is 9.59 Å². The number of hydrogen-bond acceptors (Lipinski definition) is 6. The highest BCUT2D eigenvalue weighted by molar-refractivity contribution is 7.16. The lowest BCUT2D eigenvalue weighted by Gasteiger charge is -2.14. The summed E-state index contributed by atoms with van der Waals surface area (Å²) in [6, 6.07) is 3.45. The van der Waals surface area contributed by atoms with E-state index in [0.717, 1.165) is 10.4 Å². The Labute approximate surface area is 149 Å². The fourth-order valence-corrected chi connectivity index (χ4v) is 3.22. The third-order valence-corrected chi connectivity index (χ3v) is 4.67. The lowest BCUT2D eigenvalue weighted by molar-refractivity contribution is -0.129. The average Bonchev–Trinajstić information content (AvgIpc) is 3.13. The number of carbonyl (C=O) groups is 3. The molecule has 2 rings (SSSR count). The summed E-state index contributed by atoms with van der Waals surface area (Å²) in [6.07, 6.45) is 0.531. The maximum Gasteiger partial charge on any atom is 0.342 e. The van der Waals surface area contributed by atoms with Crippen molar-refractivity contribution in [3.63, 3.8) is 0 Å². The minimum absolute atomic E-state index is 0.210. The number of aryl methyl sites for hydroxylation is 1. The maximum absolute atomic E-state index is 12.5. The molecule has 0 aliphatic rings. The molecule has 0 radical (unpaired) electrons. The molecule has 0 aromatic carbocycles. The third kappa shape index (κ3) is 4.69. The molecule has 0 bridgehead atoms. The average molecular weight is 364 g/mol. The zero-order valence-electron chi connectivity index (χ0n) is 14.5. The van der Waals surface area contributed by atoms with Crippen LogP contribution in [0.2, 0.25) is 0 Å². The first-order valence-electron chi connectivity index (χ1n) is 7.68. The van der Waals surface area contributed by atoms with Gasteiger partial charge in [0.25, 0.3) is 5.91 Å². The van der Waals surface area contributed by atoms with Crippen molar-refractivity contribution in [1.29, 1.82) is 0 Å². The fourth-order valence-electron chi connectivity index (χ4n) is 2.12. The summed E-state index contributed by atoms with van der Waals surface area (Å²) >= 11 is 1.30. The van der Waals surface area contributed by atoms with Crippen molar-refractivity contribution in [2.45, 2.75) is 40.3 Å². The number of amides is 2. The second-order valence-electron chi connectivity index (χ2n) is 5.51. The van der Waals surface area contributed by atoms with Gasteiger partial charge in [-0.1, -0.05) is 0 Å². The van der Waals surface area contributed by atoms with Crippen LogP contribution in [0.3, 0.4) is 0 Å². The molecule has 0 saturated carbocycles. The minimum Gasteiger partial charge on any atom is -0.467 e. The Hall–Kier alpha value is -2.61. The first-order valence-corrected chi connectivity index (χ1v) is 8.50. The van der Waals surface area contributed by atoms with E-state index in [4.69, 9.17) is 9.15 Å². The number of esters is 1. The van der Waals surface area contributed by atoms with Crippen LogP contribution in [0.1, 0.15) is 40.4 Å². The molecule has 0 fully saturated rings. The van der Waals surface area contributed by atoms with E-state index in [-0.39, 0.29) is 18.0 Å². The summed E-state index contributed by atoms with van der Waals surface area (Å²) < 4.78 is 10.4. The second-order valence-corrected chi connectivity index (χ2v) is 6.74. The van der Waals surface area contributed by atoms with Crippen molar-refractivity contribution in [2.24, 2.45) is 0 Å². The Balaban J connectivity index is 2.03. The molecule has 2 heterocycles. The van der Waals surface area contributed by atoms with Gasteiger partial charge in [0.15, 0.2) is 6.10 Å². The van der Waals surface area contributed by atoms with Gasteiger partial charge in [0.05, 0.1) is 18.4 Å². The smallest absolute Gasteiger partial charge is 0.342 e. The lowest BCUT2D eigenvalue weighted by Crippen LogP contribution is -2.35. The minimum atomic E-state index is -0.979. The number of thiophene rings is 1. The van der Waals surface area contributed by atoms with E-state index in [0.29, 0.717) is 10.8 Å². The monoisotopic (exact) mass is 364 g/mol. The zero-order chi connectivity index (χ0) is 18.6. The molecular formula is C17H20N2O5S. The molecule has 2 aromatic heterocycles. The Bertz CT molecular complexity index is 779. The summed E-state index contributed by atoms with van der Waals surface area (Å²) in [5.41, 5.74) is 1.00. The molecule has 0 aliphatic carbocycles. The first kappa shape index (κ1) is 18.7. The van der Waals surface area contributed by atoms with Crippen molar-refractivity contribution < 1.29 is 23.5 Å². The molecular weight excluding hydrogens is 344 g/mol. The Morgan fingerprint density at radius 2 is 2.04 bits per heavy atom. The molecule has 25 heavy (non-hydrogen) atoms. The number of rotatable bonds is 6. The van der Waals surface area contributed by atoms with E-state index in [1.54, 1.807) is 19.1 Å². The quantitative estimate of drug-likeness (QED) is 0.768. The standard InChI is InChI=1S/C17H20N2O5S/c1-9-11(3)25-16(19-12(4)20)14(9)17(22)24-10(2)15(21)18-8-13-6-5-7-23-13/h5-7,10H,8H2,1-4H3,(H,18,21)(H,19,20)/t10-/m1/s1. The molecule has 2 N–H and O–H groups in total. The highest BCUT2D eigenvalue weighted by Gasteiger charge is 2.25. The van der Waals surface area contributed by atoms with Gasteiger partial charge in [-0.2, -0.15) is 0 Å². The number of hydrogen-bond donors (Lipinski definition) is 2. The van der Waals surface area contributed by atoms with Gasteiger partial charge in [-0.25, -0.2) is 4.79 Å². The van der Waals surface area contributed by atoms with Gasteiger partial charge < -0.3 is 19.8 Å². The highest BCUT2D eigenvalue weighted by Crippen LogP contribution is 2.33. The maximum atomic E-state index is 12.5. The second kappa shape index (κ2) is 7.98. The number of anilines is 1. The molecule has 134 valence electrons. The Kier molecular flexibility index (Phi) is 5.97. The zero-order valence-corrected chi connectivity index (χ0v) is 15.3. The van der Waals surface area contributed by atoms with Gasteiger partial charge >= 0.3 is 5.97 Å². The number of furan rings is 1. The molecule has 8 heteroatoms. The molecule has 2 aromatic rings. The molecule has 0 saturated heterocycles. The third-order valence-electron chi connectivity index (χ3n) is 3.55. The summed E-state index contributed by atoms with van der Waals surface area (Å²) in [5, 5.41) is 5.69. The van der Waals surface area contributed by atoms with E-state index in [9.17, 15) is 14.4 Å². The first-order chi connectivity index (χ1) is 11.8. The molecule has 2 amide bonds. The van der Waals surface area contributed by atoms with Crippen molar-refractivity contribution >= 4 is 34.1 Å². The predicted octanol–water partition coefficient (Wildman–Crippen LogP) is 2.78. The van der Waals surface area contributed by atoms with Crippen molar-refractivity contribution in [3.8, 4) is 0 Å². The van der Waals surface area contributed by atoms with Crippen LogP contribution in [0.15, 0.2) is 22.8 Å². The van der Waals surface area contributed by atoms with Crippen LogP contribution in [-0.4, -0.2) is 23.9 Å².